The SMILES string of the molecule is Cc1cc([N+](=O)[O-])ccc1NC(=O)c1ccc(N2CCOCC2)c([N+](=O)[O-])c1. The number of morpholine rings is 1. The fourth-order valence-electron chi connectivity index (χ4n) is 2.98. The fraction of sp³-hybridized carbons (Fsp3) is 0.278. The topological polar surface area (TPSA) is 128 Å². The molecule has 0 bridgehead atoms. The first-order valence-corrected chi connectivity index (χ1v) is 8.54. The Hall–Kier alpha value is -3.53. The molecule has 2 aromatic rings. The number of anilines is 2. The van der Waals surface area contributed by atoms with Crippen LogP contribution in [0.3, 0.4) is 0 Å². The van der Waals surface area contributed by atoms with E-state index in [2.05, 4.69) is 5.32 Å². The van der Waals surface area contributed by atoms with Gasteiger partial charge in [0.25, 0.3) is 17.3 Å². The summed E-state index contributed by atoms with van der Waals surface area (Å²) in [5.41, 5.74) is 1.24. The maximum atomic E-state index is 12.5. The monoisotopic (exact) mass is 386 g/mol. The second kappa shape index (κ2) is 8.01. The molecule has 0 aromatic heterocycles. The lowest BCUT2D eigenvalue weighted by molar-refractivity contribution is -0.384. The van der Waals surface area contributed by atoms with E-state index in [1.54, 1.807) is 13.0 Å². The Kier molecular flexibility index (Phi) is 5.50. The molecule has 1 amide bonds. The van der Waals surface area contributed by atoms with Crippen LogP contribution in [0, 0.1) is 27.2 Å². The van der Waals surface area contributed by atoms with Crippen molar-refractivity contribution in [1.29, 1.82) is 0 Å². The summed E-state index contributed by atoms with van der Waals surface area (Å²) in [6, 6.07) is 8.38. The number of nitro groups is 2. The van der Waals surface area contributed by atoms with Crippen molar-refractivity contribution in [2.45, 2.75) is 6.92 Å². The van der Waals surface area contributed by atoms with Crippen LogP contribution in [-0.2, 0) is 4.74 Å². The molecular weight excluding hydrogens is 368 g/mol. The maximum absolute atomic E-state index is 12.5. The summed E-state index contributed by atoms with van der Waals surface area (Å²) in [5, 5.41) is 25.0. The van der Waals surface area contributed by atoms with Gasteiger partial charge in [0.05, 0.1) is 23.1 Å². The van der Waals surface area contributed by atoms with E-state index < -0.39 is 15.8 Å². The Morgan fingerprint density at radius 3 is 2.39 bits per heavy atom. The molecule has 1 aliphatic rings. The minimum atomic E-state index is -0.534. The number of benzene rings is 2. The van der Waals surface area contributed by atoms with Gasteiger partial charge in [-0.05, 0) is 30.7 Å². The number of amides is 1. The largest absolute Gasteiger partial charge is 0.378 e. The number of nitrogens with one attached hydrogen (secondary N) is 1. The molecular formula is C18H18N4O6. The van der Waals surface area contributed by atoms with E-state index >= 15 is 0 Å². The Balaban J connectivity index is 1.85. The lowest BCUT2D eigenvalue weighted by Crippen LogP contribution is -2.36. The second-order valence-corrected chi connectivity index (χ2v) is 6.27. The molecule has 0 saturated carbocycles. The van der Waals surface area contributed by atoms with Gasteiger partial charge in [0.2, 0.25) is 0 Å². The van der Waals surface area contributed by atoms with Gasteiger partial charge in [-0.15, -0.1) is 0 Å². The third kappa shape index (κ3) is 4.07. The number of carbonyl (C=O) groups excluding carboxylic acids is 1. The van der Waals surface area contributed by atoms with Crippen molar-refractivity contribution in [2.24, 2.45) is 0 Å². The molecule has 10 nitrogen and oxygen atoms in total. The Bertz CT molecular complexity index is 940. The van der Waals surface area contributed by atoms with Crippen molar-refractivity contribution in [3.8, 4) is 0 Å². The van der Waals surface area contributed by atoms with Crippen LogP contribution in [0.4, 0.5) is 22.7 Å². The highest BCUT2D eigenvalue weighted by atomic mass is 16.6. The lowest BCUT2D eigenvalue weighted by atomic mass is 10.1. The molecule has 2 aromatic carbocycles. The van der Waals surface area contributed by atoms with Crippen molar-refractivity contribution < 1.29 is 19.4 Å². The summed E-state index contributed by atoms with van der Waals surface area (Å²) in [4.78, 5) is 35.7. The highest BCUT2D eigenvalue weighted by molar-refractivity contribution is 6.05. The Morgan fingerprint density at radius 1 is 1.07 bits per heavy atom. The molecule has 146 valence electrons. The van der Waals surface area contributed by atoms with Gasteiger partial charge in [0.1, 0.15) is 5.69 Å². The molecule has 0 spiro atoms. The zero-order valence-corrected chi connectivity index (χ0v) is 15.1. The van der Waals surface area contributed by atoms with Gasteiger partial charge in [-0.1, -0.05) is 0 Å². The number of carbonyl (C=O) groups is 1. The molecule has 1 N–H and O–H groups in total. The molecule has 1 heterocycles. The van der Waals surface area contributed by atoms with Gasteiger partial charge in [0.15, 0.2) is 0 Å². The number of nitrogens with zero attached hydrogens (tertiary/aromatic N) is 3. The third-order valence-corrected chi connectivity index (χ3v) is 4.46. The van der Waals surface area contributed by atoms with Gasteiger partial charge in [0, 0.05) is 42.5 Å². The van der Waals surface area contributed by atoms with Crippen molar-refractivity contribution in [3.63, 3.8) is 0 Å². The number of hydrogen-bond donors (Lipinski definition) is 1. The number of non-ortho nitro benzene ring substituents is 1. The van der Waals surface area contributed by atoms with Crippen LogP contribution in [-0.4, -0.2) is 42.1 Å². The molecule has 1 aliphatic heterocycles. The molecule has 10 heteroatoms. The van der Waals surface area contributed by atoms with Gasteiger partial charge in [-0.25, -0.2) is 0 Å². The van der Waals surface area contributed by atoms with Crippen LogP contribution in [0.5, 0.6) is 0 Å². The van der Waals surface area contributed by atoms with Crippen LogP contribution in [0.1, 0.15) is 15.9 Å². The quantitative estimate of drug-likeness (QED) is 0.618. The van der Waals surface area contributed by atoms with E-state index in [0.29, 0.717) is 43.2 Å². The minimum Gasteiger partial charge on any atom is -0.378 e. The third-order valence-electron chi connectivity index (χ3n) is 4.46. The van der Waals surface area contributed by atoms with Crippen LogP contribution in [0.2, 0.25) is 0 Å². The van der Waals surface area contributed by atoms with Gasteiger partial charge >= 0.3 is 0 Å². The summed E-state index contributed by atoms with van der Waals surface area (Å²) in [7, 11) is 0. The normalized spacial score (nSPS) is 13.8. The number of hydrogen-bond acceptors (Lipinski definition) is 7. The highest BCUT2D eigenvalue weighted by Crippen LogP contribution is 2.30. The second-order valence-electron chi connectivity index (χ2n) is 6.27. The average molecular weight is 386 g/mol. The first kappa shape index (κ1) is 19.2. The first-order valence-electron chi connectivity index (χ1n) is 8.54. The number of rotatable bonds is 5. The minimum absolute atomic E-state index is 0.0824. The van der Waals surface area contributed by atoms with Crippen LogP contribution in [0.15, 0.2) is 36.4 Å². The van der Waals surface area contributed by atoms with Gasteiger partial charge in [-0.3, -0.25) is 25.0 Å². The van der Waals surface area contributed by atoms with Crippen molar-refractivity contribution in [3.05, 3.63) is 67.8 Å². The van der Waals surface area contributed by atoms with E-state index in [-0.39, 0.29) is 16.9 Å². The van der Waals surface area contributed by atoms with Crippen LogP contribution >= 0.6 is 0 Å². The van der Waals surface area contributed by atoms with E-state index in [1.165, 1.54) is 30.3 Å². The number of ether oxygens (including phenoxy) is 1. The molecule has 28 heavy (non-hydrogen) atoms. The molecule has 0 atom stereocenters. The van der Waals surface area contributed by atoms with E-state index in [0.717, 1.165) is 0 Å². The molecule has 0 unspecified atom stereocenters. The highest BCUT2D eigenvalue weighted by Gasteiger charge is 2.23. The summed E-state index contributed by atoms with van der Waals surface area (Å²) in [6.45, 7) is 3.67. The molecule has 3 rings (SSSR count). The zero-order valence-electron chi connectivity index (χ0n) is 15.1. The summed E-state index contributed by atoms with van der Waals surface area (Å²) < 4.78 is 5.27. The van der Waals surface area contributed by atoms with Crippen LogP contribution < -0.4 is 10.2 Å². The van der Waals surface area contributed by atoms with Crippen LogP contribution in [0.25, 0.3) is 0 Å². The zero-order chi connectivity index (χ0) is 20.3. The maximum Gasteiger partial charge on any atom is 0.293 e. The predicted molar refractivity (Wildman–Crippen MR) is 102 cm³/mol. The average Bonchev–Trinajstić information content (AvgIpc) is 2.69. The van der Waals surface area contributed by atoms with Crippen molar-refractivity contribution in [2.75, 3.05) is 36.5 Å². The lowest BCUT2D eigenvalue weighted by Gasteiger charge is -2.28. The Morgan fingerprint density at radius 2 is 1.79 bits per heavy atom. The van der Waals surface area contributed by atoms with Gasteiger partial charge < -0.3 is 15.0 Å². The van der Waals surface area contributed by atoms with Crippen molar-refractivity contribution >= 4 is 28.7 Å². The number of aryl methyl sites for hydroxylation is 1. The fourth-order valence-corrected chi connectivity index (χ4v) is 2.98. The van der Waals surface area contributed by atoms with E-state index in [9.17, 15) is 25.0 Å². The summed E-state index contributed by atoms with van der Waals surface area (Å²) in [5.74, 6) is -0.534. The van der Waals surface area contributed by atoms with Gasteiger partial charge in [-0.2, -0.15) is 0 Å². The number of nitro benzene ring substituents is 2. The molecule has 0 aliphatic carbocycles. The standard InChI is InChI=1S/C18H18N4O6/c1-12-10-14(21(24)25)3-4-15(12)19-18(23)13-2-5-16(17(11-13)22(26)27)20-6-8-28-9-7-20/h2-5,10-11H,6-9H2,1H3,(H,19,23). The van der Waals surface area contributed by atoms with E-state index in [4.69, 9.17) is 4.74 Å². The smallest absolute Gasteiger partial charge is 0.293 e. The summed E-state index contributed by atoms with van der Waals surface area (Å²) >= 11 is 0. The molecule has 1 saturated heterocycles. The predicted octanol–water partition coefficient (Wildman–Crippen LogP) is 2.90. The van der Waals surface area contributed by atoms with Crippen molar-refractivity contribution in [1.82, 2.24) is 0 Å². The van der Waals surface area contributed by atoms with E-state index in [1.807, 2.05) is 4.90 Å². The Labute approximate surface area is 160 Å². The molecule has 1 fully saturated rings. The first-order chi connectivity index (χ1) is 13.4. The summed E-state index contributed by atoms with van der Waals surface area (Å²) in [6.07, 6.45) is 0. The molecule has 0 radical (unpaired) electrons.